The third kappa shape index (κ3) is 8.31. The minimum Gasteiger partial charge on any atom is -0.474 e. The molecular formula is C38H46N10O3. The van der Waals surface area contributed by atoms with Crippen molar-refractivity contribution in [3.05, 3.63) is 83.2 Å². The smallest absolute Gasteiger partial charge is 0.237 e. The number of aromatic nitrogens is 2. The number of anilines is 2. The van der Waals surface area contributed by atoms with E-state index in [1.54, 1.807) is 42.4 Å². The Hall–Kier alpha value is -5.43. The molecule has 0 bridgehead atoms. The second kappa shape index (κ2) is 16.1. The van der Waals surface area contributed by atoms with Crippen molar-refractivity contribution in [1.82, 2.24) is 25.1 Å². The number of amides is 2. The van der Waals surface area contributed by atoms with Crippen LogP contribution in [0.1, 0.15) is 61.4 Å². The van der Waals surface area contributed by atoms with Gasteiger partial charge in [-0.25, -0.2) is 15.0 Å². The number of nitrogens with two attached hydrogens (primary N) is 1. The van der Waals surface area contributed by atoms with Gasteiger partial charge in [0.05, 0.1) is 30.2 Å². The minimum absolute atomic E-state index is 0.0532. The van der Waals surface area contributed by atoms with E-state index in [1.165, 1.54) is 18.3 Å². The topological polar surface area (TPSA) is 177 Å². The number of rotatable bonds is 12. The van der Waals surface area contributed by atoms with Crippen LogP contribution < -0.4 is 20.7 Å². The van der Waals surface area contributed by atoms with Crippen LogP contribution in [0.3, 0.4) is 0 Å². The summed E-state index contributed by atoms with van der Waals surface area (Å²) in [4.78, 5) is 45.8. The molecule has 3 aromatic rings. The number of carbonyl (C=O) groups excluding carboxylic acids is 2. The first-order valence-electron chi connectivity index (χ1n) is 17.6. The molecule has 6 rings (SSSR count). The predicted molar refractivity (Wildman–Crippen MR) is 200 cm³/mol. The number of carbonyl (C=O) groups is 2. The maximum absolute atomic E-state index is 13.8. The number of nitrogen functional groups attached to an aromatic ring is 1. The maximum Gasteiger partial charge on any atom is 0.237 e. The van der Waals surface area contributed by atoms with Crippen molar-refractivity contribution < 1.29 is 14.3 Å². The summed E-state index contributed by atoms with van der Waals surface area (Å²) < 4.78 is 5.85. The van der Waals surface area contributed by atoms with Crippen molar-refractivity contribution in [3.8, 4) is 5.88 Å². The second-order valence-corrected chi connectivity index (χ2v) is 13.1. The number of hydrogen-bond donors (Lipinski definition) is 4. The molecule has 13 nitrogen and oxygen atoms in total. The van der Waals surface area contributed by atoms with Crippen LogP contribution in [0.15, 0.2) is 65.8 Å². The van der Waals surface area contributed by atoms with E-state index in [1.807, 2.05) is 36.1 Å². The number of nitrogens with zero attached hydrogens (tertiary/aromatic N) is 6. The molecule has 5 N–H and O–H groups in total. The van der Waals surface area contributed by atoms with E-state index >= 15 is 0 Å². The quantitative estimate of drug-likeness (QED) is 0.163. The van der Waals surface area contributed by atoms with Gasteiger partial charge in [-0.05, 0) is 74.9 Å². The highest BCUT2D eigenvalue weighted by Gasteiger charge is 2.34. The molecule has 0 spiro atoms. The zero-order chi connectivity index (χ0) is 35.9. The van der Waals surface area contributed by atoms with Crippen LogP contribution in [0.2, 0.25) is 0 Å². The Morgan fingerprint density at radius 2 is 1.86 bits per heavy atom. The number of nitrogens with one attached hydrogen (secondary N) is 3. The van der Waals surface area contributed by atoms with Crippen LogP contribution in [-0.4, -0.2) is 102 Å². The molecule has 3 aliphatic rings. The average Bonchev–Trinajstić information content (AvgIpc) is 3.61. The average molecular weight is 691 g/mol. The molecular weight excluding hydrogens is 644 g/mol. The maximum atomic E-state index is 13.8. The van der Waals surface area contributed by atoms with Gasteiger partial charge in [0.15, 0.2) is 5.84 Å². The molecule has 1 saturated heterocycles. The highest BCUT2D eigenvalue weighted by atomic mass is 16.5. The van der Waals surface area contributed by atoms with E-state index in [0.29, 0.717) is 62.1 Å². The lowest BCUT2D eigenvalue weighted by atomic mass is 9.96. The van der Waals surface area contributed by atoms with Gasteiger partial charge >= 0.3 is 0 Å². The third-order valence-corrected chi connectivity index (χ3v) is 9.77. The monoisotopic (exact) mass is 690 g/mol. The van der Waals surface area contributed by atoms with Gasteiger partial charge < -0.3 is 20.7 Å². The summed E-state index contributed by atoms with van der Waals surface area (Å²) in [5.74, 6) is 0.899. The Kier molecular flexibility index (Phi) is 11.2. The second-order valence-electron chi connectivity index (χ2n) is 13.1. The number of aliphatic imine (C=N–C) groups is 1. The Labute approximate surface area is 298 Å². The van der Waals surface area contributed by atoms with Gasteiger partial charge in [0, 0.05) is 56.6 Å². The molecule has 51 heavy (non-hydrogen) atoms. The van der Waals surface area contributed by atoms with Gasteiger partial charge in [-0.2, -0.15) is 0 Å². The first-order valence-corrected chi connectivity index (χ1v) is 17.6. The summed E-state index contributed by atoms with van der Waals surface area (Å²) in [5.41, 5.74) is 10.6. The lowest BCUT2D eigenvalue weighted by Crippen LogP contribution is -2.42. The molecule has 1 aliphatic carbocycles. The fourth-order valence-electron chi connectivity index (χ4n) is 6.53. The number of ether oxygens (including phenoxy) is 1. The Morgan fingerprint density at radius 1 is 1.08 bits per heavy atom. The zero-order valence-corrected chi connectivity index (χ0v) is 29.3. The van der Waals surface area contributed by atoms with Gasteiger partial charge in [-0.3, -0.25) is 30.2 Å². The van der Waals surface area contributed by atoms with Gasteiger partial charge in [0.2, 0.25) is 17.7 Å². The van der Waals surface area contributed by atoms with Gasteiger partial charge in [0.1, 0.15) is 17.6 Å². The molecule has 1 atom stereocenters. The van der Waals surface area contributed by atoms with Crippen molar-refractivity contribution >= 4 is 46.8 Å². The van der Waals surface area contributed by atoms with E-state index in [2.05, 4.69) is 31.3 Å². The zero-order valence-electron chi connectivity index (χ0n) is 29.3. The van der Waals surface area contributed by atoms with E-state index in [4.69, 9.17) is 21.3 Å². The minimum atomic E-state index is -0.270. The highest BCUT2D eigenvalue weighted by molar-refractivity contribution is 6.12. The molecule has 1 saturated carbocycles. The van der Waals surface area contributed by atoms with Gasteiger partial charge in [-0.1, -0.05) is 30.3 Å². The standard InChI is InChI=1S/C38H46N10O3/c1-3-48(32-13-12-31(39)36(45-32)35(40)28-11-14-33(43-21-28)51-30-5-4-6-30)38(50)29-15-18-46(22-29)23-34(49)47-19-16-26(17-20-47)25-7-9-27(10-8-25)37(41)44-24-42-2/h7-14,16,21,24,29-30,40H,3-6,15,17-20,22-23,39H2,1-2H3,(H2,41,42,44)/t29-/m1/s1. The van der Waals surface area contributed by atoms with Crippen LogP contribution in [0.5, 0.6) is 5.88 Å². The van der Waals surface area contributed by atoms with Crippen LogP contribution >= 0.6 is 0 Å². The summed E-state index contributed by atoms with van der Waals surface area (Å²) in [5, 5.41) is 19.7. The van der Waals surface area contributed by atoms with E-state index in [9.17, 15) is 9.59 Å². The first kappa shape index (κ1) is 35.4. The van der Waals surface area contributed by atoms with Crippen molar-refractivity contribution in [2.75, 3.05) is 56.9 Å². The summed E-state index contributed by atoms with van der Waals surface area (Å²) in [6.45, 7) is 4.89. The van der Waals surface area contributed by atoms with Crippen molar-refractivity contribution in [2.45, 2.75) is 45.1 Å². The molecule has 0 radical (unpaired) electrons. The number of benzene rings is 1. The molecule has 1 aromatic carbocycles. The molecule has 13 heteroatoms. The number of likely N-dealkylation sites (tertiary alicyclic amines) is 1. The van der Waals surface area contributed by atoms with Crippen LogP contribution in [0, 0.1) is 16.7 Å². The molecule has 4 heterocycles. The largest absolute Gasteiger partial charge is 0.474 e. The fourth-order valence-corrected chi connectivity index (χ4v) is 6.53. The van der Waals surface area contributed by atoms with E-state index in [-0.39, 0.29) is 47.6 Å². The van der Waals surface area contributed by atoms with Gasteiger partial charge in [-0.15, -0.1) is 0 Å². The predicted octanol–water partition coefficient (Wildman–Crippen LogP) is 3.97. The molecule has 2 aliphatic heterocycles. The van der Waals surface area contributed by atoms with Crippen LogP contribution in [0.25, 0.3) is 5.57 Å². The molecule has 2 aromatic heterocycles. The van der Waals surface area contributed by atoms with Crippen molar-refractivity contribution in [3.63, 3.8) is 0 Å². The molecule has 2 amide bonds. The van der Waals surface area contributed by atoms with E-state index in [0.717, 1.165) is 30.4 Å². The summed E-state index contributed by atoms with van der Waals surface area (Å²) in [6, 6.07) is 14.7. The fraction of sp³-hybridized carbons (Fsp3) is 0.395. The number of pyridine rings is 2. The molecule has 2 fully saturated rings. The van der Waals surface area contributed by atoms with Crippen molar-refractivity contribution in [2.24, 2.45) is 10.9 Å². The third-order valence-electron chi connectivity index (χ3n) is 9.77. The van der Waals surface area contributed by atoms with Crippen molar-refractivity contribution in [1.29, 1.82) is 10.8 Å². The lowest BCUT2D eigenvalue weighted by molar-refractivity contribution is -0.132. The summed E-state index contributed by atoms with van der Waals surface area (Å²) in [6.07, 6.45) is 10.0. The Balaban J connectivity index is 1.02. The normalized spacial score (nSPS) is 17.9. The van der Waals surface area contributed by atoms with Crippen LogP contribution in [-0.2, 0) is 9.59 Å². The molecule has 266 valence electrons. The van der Waals surface area contributed by atoms with Crippen LogP contribution in [0.4, 0.5) is 11.5 Å². The number of hydrogen-bond acceptors (Lipinski definition) is 9. The molecule has 0 unspecified atom stereocenters. The Bertz CT molecular complexity index is 1820. The van der Waals surface area contributed by atoms with E-state index < -0.39 is 0 Å². The SMILES string of the molecule is CCN(C(=O)[C@@H]1CCN(CC(=O)N2CC=C(c3ccc(C(=N)/N=C\NC)cc3)CC2)C1)c1ccc(N)c(C(=N)c2ccc(OC3CCC3)nc2)n1. The van der Waals surface area contributed by atoms with Gasteiger partial charge in [0.25, 0.3) is 0 Å². The summed E-state index contributed by atoms with van der Waals surface area (Å²) >= 11 is 0. The highest BCUT2D eigenvalue weighted by Crippen LogP contribution is 2.27. The first-order chi connectivity index (χ1) is 24.7. The number of amidine groups is 1. The lowest BCUT2D eigenvalue weighted by Gasteiger charge is -2.29. The Morgan fingerprint density at radius 3 is 2.51 bits per heavy atom. The summed E-state index contributed by atoms with van der Waals surface area (Å²) in [7, 11) is 1.74.